The van der Waals surface area contributed by atoms with Crippen molar-refractivity contribution in [1.82, 2.24) is 4.98 Å². The van der Waals surface area contributed by atoms with E-state index in [4.69, 9.17) is 4.74 Å². The number of aryl methyl sites for hydroxylation is 1. The molecule has 1 heterocycles. The van der Waals surface area contributed by atoms with E-state index in [1.165, 1.54) is 19.2 Å². The number of nitrogens with one attached hydrogen (secondary N) is 1. The smallest absolute Gasteiger partial charge is 0.274 e. The summed E-state index contributed by atoms with van der Waals surface area (Å²) in [7, 11) is 1.42. The van der Waals surface area contributed by atoms with Crippen LogP contribution >= 0.6 is 11.3 Å². The van der Waals surface area contributed by atoms with Crippen LogP contribution in [0.3, 0.4) is 0 Å². The van der Waals surface area contributed by atoms with E-state index in [2.05, 4.69) is 10.3 Å². The van der Waals surface area contributed by atoms with Crippen LogP contribution in [-0.4, -0.2) is 22.9 Å². The predicted molar refractivity (Wildman–Crippen MR) is 92.0 cm³/mol. The van der Waals surface area contributed by atoms with Crippen LogP contribution in [-0.2, 0) is 0 Å². The lowest BCUT2D eigenvalue weighted by atomic mass is 10.1. The van der Waals surface area contributed by atoms with E-state index >= 15 is 0 Å². The Labute approximate surface area is 141 Å². The molecule has 122 valence electrons. The molecule has 7 nitrogen and oxygen atoms in total. The molecule has 0 atom stereocenters. The van der Waals surface area contributed by atoms with E-state index in [0.717, 1.165) is 16.9 Å². The van der Waals surface area contributed by atoms with Gasteiger partial charge in [-0.1, -0.05) is 29.0 Å². The van der Waals surface area contributed by atoms with E-state index in [1.807, 2.05) is 13.0 Å². The van der Waals surface area contributed by atoms with Crippen molar-refractivity contribution in [2.24, 2.45) is 0 Å². The molecule has 0 saturated heterocycles. The summed E-state index contributed by atoms with van der Waals surface area (Å²) in [6, 6.07) is 9.91. The van der Waals surface area contributed by atoms with Gasteiger partial charge in [0.2, 0.25) is 0 Å². The van der Waals surface area contributed by atoms with Gasteiger partial charge in [0.15, 0.2) is 10.9 Å². The van der Waals surface area contributed by atoms with Crippen molar-refractivity contribution >= 4 is 38.3 Å². The summed E-state index contributed by atoms with van der Waals surface area (Å²) >= 11 is 1.16. The first-order valence-corrected chi connectivity index (χ1v) is 7.80. The lowest BCUT2D eigenvalue weighted by molar-refractivity contribution is -0.384. The molecule has 1 N–H and O–H groups in total. The molecule has 1 aromatic heterocycles. The minimum Gasteiger partial charge on any atom is -0.494 e. The molecule has 1 amide bonds. The van der Waals surface area contributed by atoms with Gasteiger partial charge < -0.3 is 4.74 Å². The number of non-ortho nitro benzene ring substituents is 1. The van der Waals surface area contributed by atoms with Gasteiger partial charge in [-0.15, -0.1) is 0 Å². The normalized spacial score (nSPS) is 10.6. The number of nitrogens with zero attached hydrogens (tertiary/aromatic N) is 2. The molecule has 8 heteroatoms. The van der Waals surface area contributed by atoms with Gasteiger partial charge in [0.05, 0.1) is 22.8 Å². The van der Waals surface area contributed by atoms with Crippen LogP contribution in [0.2, 0.25) is 0 Å². The molecule has 0 aliphatic rings. The SMILES string of the molecule is COc1cc([N+](=O)[O-])cc2sc(NC(=O)c3cccc(C)c3)nc12. The molecule has 3 rings (SSSR count). The zero-order valence-electron chi connectivity index (χ0n) is 12.9. The van der Waals surface area contributed by atoms with E-state index in [-0.39, 0.29) is 11.6 Å². The minimum atomic E-state index is -0.493. The van der Waals surface area contributed by atoms with Crippen molar-refractivity contribution in [3.8, 4) is 5.75 Å². The van der Waals surface area contributed by atoms with Gasteiger partial charge in [-0.05, 0) is 19.1 Å². The number of thiazole rings is 1. The van der Waals surface area contributed by atoms with Gasteiger partial charge in [-0.25, -0.2) is 4.98 Å². The zero-order chi connectivity index (χ0) is 17.3. The highest BCUT2D eigenvalue weighted by molar-refractivity contribution is 7.22. The molecule has 0 fully saturated rings. The lowest BCUT2D eigenvalue weighted by Gasteiger charge is -2.02. The summed E-state index contributed by atoms with van der Waals surface area (Å²) < 4.78 is 5.73. The Morgan fingerprint density at radius 3 is 2.79 bits per heavy atom. The van der Waals surface area contributed by atoms with Crippen LogP contribution in [0.1, 0.15) is 15.9 Å². The summed E-state index contributed by atoms with van der Waals surface area (Å²) in [4.78, 5) is 27.1. The zero-order valence-corrected chi connectivity index (χ0v) is 13.7. The predicted octanol–water partition coefficient (Wildman–Crippen LogP) is 3.77. The summed E-state index contributed by atoms with van der Waals surface area (Å²) in [5.41, 5.74) is 1.89. The van der Waals surface area contributed by atoms with Gasteiger partial charge in [0.25, 0.3) is 11.6 Å². The van der Waals surface area contributed by atoms with Gasteiger partial charge in [-0.3, -0.25) is 20.2 Å². The fraction of sp³-hybridized carbons (Fsp3) is 0.125. The van der Waals surface area contributed by atoms with E-state index in [1.54, 1.807) is 18.2 Å². The first-order valence-electron chi connectivity index (χ1n) is 6.99. The number of ether oxygens (including phenoxy) is 1. The molecular weight excluding hydrogens is 330 g/mol. The van der Waals surface area contributed by atoms with Crippen LogP contribution in [0.5, 0.6) is 5.75 Å². The van der Waals surface area contributed by atoms with Gasteiger partial charge in [-0.2, -0.15) is 0 Å². The number of carbonyl (C=O) groups excluding carboxylic acids is 1. The Morgan fingerprint density at radius 1 is 1.33 bits per heavy atom. The highest BCUT2D eigenvalue weighted by Crippen LogP contribution is 2.36. The van der Waals surface area contributed by atoms with Gasteiger partial charge in [0.1, 0.15) is 5.52 Å². The molecule has 3 aromatic rings. The number of hydrogen-bond donors (Lipinski definition) is 1. The van der Waals surface area contributed by atoms with Crippen molar-refractivity contribution in [2.75, 3.05) is 12.4 Å². The molecular formula is C16H13N3O4S. The topological polar surface area (TPSA) is 94.4 Å². The number of aromatic nitrogens is 1. The standard InChI is InChI=1S/C16H13N3O4S/c1-9-4-3-5-10(6-9)15(20)18-16-17-14-12(23-2)7-11(19(21)22)8-13(14)24-16/h3-8H,1-2H3,(H,17,18,20). The highest BCUT2D eigenvalue weighted by atomic mass is 32.1. The first-order chi connectivity index (χ1) is 11.5. The van der Waals surface area contributed by atoms with Crippen molar-refractivity contribution in [3.63, 3.8) is 0 Å². The third kappa shape index (κ3) is 3.04. The quantitative estimate of drug-likeness (QED) is 0.575. The highest BCUT2D eigenvalue weighted by Gasteiger charge is 2.17. The number of amides is 1. The Hall–Kier alpha value is -3.00. The maximum absolute atomic E-state index is 12.3. The Morgan fingerprint density at radius 2 is 2.12 bits per heavy atom. The van der Waals surface area contributed by atoms with E-state index < -0.39 is 4.92 Å². The molecule has 0 unspecified atom stereocenters. The molecule has 0 saturated carbocycles. The Balaban J connectivity index is 1.96. The van der Waals surface area contributed by atoms with E-state index in [0.29, 0.717) is 26.7 Å². The van der Waals surface area contributed by atoms with Crippen molar-refractivity contribution in [3.05, 3.63) is 57.6 Å². The Bertz CT molecular complexity index is 952. The molecule has 2 aromatic carbocycles. The summed E-state index contributed by atoms with van der Waals surface area (Å²) in [5, 5.41) is 14.1. The average Bonchev–Trinajstić information content (AvgIpc) is 2.96. The molecule has 0 aliphatic heterocycles. The third-order valence-corrected chi connectivity index (χ3v) is 4.29. The summed E-state index contributed by atoms with van der Waals surface area (Å²) in [6.07, 6.45) is 0. The monoisotopic (exact) mass is 343 g/mol. The second-order valence-corrected chi connectivity index (χ2v) is 6.13. The molecule has 0 aliphatic carbocycles. The summed E-state index contributed by atoms with van der Waals surface area (Å²) in [5.74, 6) is 0.0118. The number of rotatable bonds is 4. The van der Waals surface area contributed by atoms with Crippen LogP contribution in [0.4, 0.5) is 10.8 Å². The molecule has 0 radical (unpaired) electrons. The number of hydrogen-bond acceptors (Lipinski definition) is 6. The van der Waals surface area contributed by atoms with Crippen molar-refractivity contribution < 1.29 is 14.5 Å². The second-order valence-electron chi connectivity index (χ2n) is 5.09. The number of nitro benzene ring substituents is 1. The Kier molecular flexibility index (Phi) is 4.13. The average molecular weight is 343 g/mol. The number of carbonyl (C=O) groups is 1. The largest absolute Gasteiger partial charge is 0.494 e. The molecule has 0 bridgehead atoms. The van der Waals surface area contributed by atoms with Crippen LogP contribution in [0.15, 0.2) is 36.4 Å². The maximum Gasteiger partial charge on any atom is 0.274 e. The van der Waals surface area contributed by atoms with Crippen LogP contribution < -0.4 is 10.1 Å². The fourth-order valence-corrected chi connectivity index (χ4v) is 3.17. The van der Waals surface area contributed by atoms with Crippen molar-refractivity contribution in [1.29, 1.82) is 0 Å². The van der Waals surface area contributed by atoms with E-state index in [9.17, 15) is 14.9 Å². The van der Waals surface area contributed by atoms with Gasteiger partial charge in [0, 0.05) is 11.6 Å². The van der Waals surface area contributed by atoms with Crippen LogP contribution in [0.25, 0.3) is 10.2 Å². The molecule has 24 heavy (non-hydrogen) atoms. The van der Waals surface area contributed by atoms with Crippen molar-refractivity contribution in [2.45, 2.75) is 6.92 Å². The molecule has 0 spiro atoms. The number of nitro groups is 1. The van der Waals surface area contributed by atoms with Crippen LogP contribution in [0, 0.1) is 17.0 Å². The van der Waals surface area contributed by atoms with Gasteiger partial charge >= 0.3 is 0 Å². The number of benzene rings is 2. The third-order valence-electron chi connectivity index (χ3n) is 3.38. The number of methoxy groups -OCH3 is 1. The number of fused-ring (bicyclic) bond motifs is 1. The first kappa shape index (κ1) is 15.9. The fourth-order valence-electron chi connectivity index (χ4n) is 2.26. The summed E-state index contributed by atoms with van der Waals surface area (Å²) in [6.45, 7) is 1.90. The maximum atomic E-state index is 12.3. The lowest BCUT2D eigenvalue weighted by Crippen LogP contribution is -2.11. The second kappa shape index (κ2) is 6.25. The minimum absolute atomic E-state index is 0.0837. The number of anilines is 1.